The summed E-state index contributed by atoms with van der Waals surface area (Å²) in [5.41, 5.74) is 4.97. The Balaban J connectivity index is 3.80. The third-order valence-corrected chi connectivity index (χ3v) is 0.814. The lowest BCUT2D eigenvalue weighted by molar-refractivity contribution is 0.395. The van der Waals surface area contributed by atoms with Gasteiger partial charge in [0, 0.05) is 6.42 Å². The first-order valence-electron chi connectivity index (χ1n) is 2.81. The van der Waals surface area contributed by atoms with Crippen molar-refractivity contribution in [3.63, 3.8) is 0 Å². The zero-order valence-corrected chi connectivity index (χ0v) is 5.62. The van der Waals surface area contributed by atoms with Gasteiger partial charge in [0.25, 0.3) is 0 Å². The number of hydrogen-bond acceptors (Lipinski definition) is 3. The topological polar surface area (TPSA) is 66.5 Å². The fraction of sp³-hybridized carbons (Fsp3) is 0.143. The molecule has 0 spiro atoms. The fourth-order valence-corrected chi connectivity index (χ4v) is 0.389. The van der Waals surface area contributed by atoms with Gasteiger partial charge in [0.05, 0.1) is 5.76 Å². The molecule has 0 heterocycles. The maximum atomic E-state index is 8.84. The third-order valence-electron chi connectivity index (χ3n) is 0.814. The largest absolute Gasteiger partial charge is 0.513 e. The molecule has 10 heavy (non-hydrogen) atoms. The predicted octanol–water partition coefficient (Wildman–Crippen LogP) is 1.36. The van der Waals surface area contributed by atoms with Crippen LogP contribution in [0.15, 0.2) is 36.4 Å². The molecular weight excluding hydrogens is 130 g/mol. The smallest absolute Gasteiger partial charge is 0.113 e. The lowest BCUT2D eigenvalue weighted by Gasteiger charge is -1.90. The highest BCUT2D eigenvalue weighted by Gasteiger charge is 1.86. The van der Waals surface area contributed by atoms with E-state index in [1.165, 1.54) is 18.4 Å². The Morgan fingerprint density at radius 3 is 2.50 bits per heavy atom. The molecule has 0 aliphatic carbocycles. The van der Waals surface area contributed by atoms with Crippen LogP contribution in [0.1, 0.15) is 6.42 Å². The van der Waals surface area contributed by atoms with E-state index in [-0.39, 0.29) is 17.9 Å². The van der Waals surface area contributed by atoms with E-state index in [0.717, 1.165) is 0 Å². The molecule has 0 saturated heterocycles. The van der Waals surface area contributed by atoms with Crippen LogP contribution < -0.4 is 5.73 Å². The summed E-state index contributed by atoms with van der Waals surface area (Å²) in [5, 5.41) is 17.4. The van der Waals surface area contributed by atoms with Crippen molar-refractivity contribution < 1.29 is 10.2 Å². The van der Waals surface area contributed by atoms with Gasteiger partial charge >= 0.3 is 0 Å². The summed E-state index contributed by atoms with van der Waals surface area (Å²) < 4.78 is 0. The van der Waals surface area contributed by atoms with Gasteiger partial charge < -0.3 is 15.9 Å². The number of rotatable bonds is 3. The summed E-state index contributed by atoms with van der Waals surface area (Å²) >= 11 is 0. The van der Waals surface area contributed by atoms with Gasteiger partial charge in [-0.05, 0) is 18.4 Å². The Hall–Kier alpha value is -1.38. The van der Waals surface area contributed by atoms with Gasteiger partial charge in [0.2, 0.25) is 0 Å². The highest BCUT2D eigenvalue weighted by atomic mass is 16.3. The molecule has 3 nitrogen and oxygen atoms in total. The molecule has 0 bridgehead atoms. The van der Waals surface area contributed by atoms with Crippen LogP contribution in [-0.2, 0) is 0 Å². The summed E-state index contributed by atoms with van der Waals surface area (Å²) in [4.78, 5) is 0. The van der Waals surface area contributed by atoms with Crippen molar-refractivity contribution in [2.75, 3.05) is 0 Å². The van der Waals surface area contributed by atoms with Crippen molar-refractivity contribution in [2.24, 2.45) is 5.73 Å². The summed E-state index contributed by atoms with van der Waals surface area (Å²) in [6.07, 6.45) is 4.19. The molecular formula is C7H11NO2. The average Bonchev–Trinajstić information content (AvgIpc) is 1.85. The van der Waals surface area contributed by atoms with Crippen LogP contribution in [0.2, 0.25) is 0 Å². The molecule has 3 heteroatoms. The van der Waals surface area contributed by atoms with Crippen LogP contribution in [0, 0.1) is 0 Å². The predicted molar refractivity (Wildman–Crippen MR) is 40.4 cm³/mol. The van der Waals surface area contributed by atoms with Gasteiger partial charge in [0.1, 0.15) is 5.76 Å². The molecule has 0 aromatic heterocycles. The first-order chi connectivity index (χ1) is 4.66. The average molecular weight is 141 g/mol. The zero-order valence-electron chi connectivity index (χ0n) is 5.62. The highest BCUT2D eigenvalue weighted by Crippen LogP contribution is 1.97. The third kappa shape index (κ3) is 4.77. The van der Waals surface area contributed by atoms with Crippen LogP contribution in [0.5, 0.6) is 0 Å². The molecule has 0 unspecified atom stereocenters. The van der Waals surface area contributed by atoms with E-state index in [1.54, 1.807) is 0 Å². The Bertz CT molecular complexity index is 170. The summed E-state index contributed by atoms with van der Waals surface area (Å²) in [6.45, 7) is 3.23. The molecule has 0 amide bonds. The second-order valence-corrected chi connectivity index (χ2v) is 1.76. The maximum Gasteiger partial charge on any atom is 0.113 e. The van der Waals surface area contributed by atoms with Crippen molar-refractivity contribution in [2.45, 2.75) is 6.42 Å². The van der Waals surface area contributed by atoms with Crippen molar-refractivity contribution >= 4 is 0 Å². The summed E-state index contributed by atoms with van der Waals surface area (Å²) in [6, 6.07) is 0. The Kier molecular flexibility index (Phi) is 3.87. The molecule has 0 rings (SSSR count). The van der Waals surface area contributed by atoms with Crippen LogP contribution in [0.4, 0.5) is 0 Å². The fourth-order valence-electron chi connectivity index (χ4n) is 0.389. The van der Waals surface area contributed by atoms with Gasteiger partial charge in [0.15, 0.2) is 0 Å². The minimum atomic E-state index is 0.0111. The van der Waals surface area contributed by atoms with Gasteiger partial charge in [-0.1, -0.05) is 6.58 Å². The summed E-state index contributed by atoms with van der Waals surface area (Å²) in [7, 11) is 0. The number of aliphatic hydroxyl groups is 2. The number of hydrogen-bond donors (Lipinski definition) is 3. The van der Waals surface area contributed by atoms with E-state index in [2.05, 4.69) is 6.58 Å². The number of allylic oxidation sites excluding steroid dienone is 2. The van der Waals surface area contributed by atoms with E-state index in [4.69, 9.17) is 15.9 Å². The van der Waals surface area contributed by atoms with Crippen LogP contribution in [-0.4, -0.2) is 10.2 Å². The zero-order chi connectivity index (χ0) is 7.98. The maximum absolute atomic E-state index is 8.84. The van der Waals surface area contributed by atoms with Crippen LogP contribution >= 0.6 is 0 Å². The molecule has 4 N–H and O–H groups in total. The van der Waals surface area contributed by atoms with Gasteiger partial charge in [-0.2, -0.15) is 0 Å². The van der Waals surface area contributed by atoms with Gasteiger partial charge in [-0.3, -0.25) is 0 Å². The molecule has 0 aromatic rings. The lowest BCUT2D eigenvalue weighted by atomic mass is 10.3. The first-order valence-corrected chi connectivity index (χ1v) is 2.81. The van der Waals surface area contributed by atoms with E-state index >= 15 is 0 Å². The van der Waals surface area contributed by atoms with E-state index < -0.39 is 0 Å². The van der Waals surface area contributed by atoms with E-state index in [0.29, 0.717) is 0 Å². The normalized spacial score (nSPS) is 12.2. The molecule has 0 aromatic carbocycles. The summed E-state index contributed by atoms with van der Waals surface area (Å²) in [5.74, 6) is 0.0367. The molecule has 0 fully saturated rings. The van der Waals surface area contributed by atoms with Crippen LogP contribution in [0.3, 0.4) is 0 Å². The highest BCUT2D eigenvalue weighted by molar-refractivity contribution is 5.11. The van der Waals surface area contributed by atoms with E-state index in [9.17, 15) is 0 Å². The minimum Gasteiger partial charge on any atom is -0.513 e. The van der Waals surface area contributed by atoms with Crippen molar-refractivity contribution in [1.29, 1.82) is 0 Å². The Morgan fingerprint density at radius 1 is 1.50 bits per heavy atom. The van der Waals surface area contributed by atoms with Gasteiger partial charge in [-0.15, -0.1) is 0 Å². The number of aliphatic hydroxyl groups excluding tert-OH is 2. The number of nitrogens with two attached hydrogens (primary N) is 1. The standard InChI is InChI=1S/C7H11NO2/c1-6(9)2-3-7(10)4-5-8/h3-5,9-10H,1-2,8H2/b5-4-,7-3-. The SMILES string of the molecule is C=C(O)C/C=C(O)/C=C\N. The van der Waals surface area contributed by atoms with Crippen molar-refractivity contribution in [3.05, 3.63) is 36.4 Å². The molecule has 0 radical (unpaired) electrons. The van der Waals surface area contributed by atoms with Crippen LogP contribution in [0.25, 0.3) is 0 Å². The van der Waals surface area contributed by atoms with Crippen molar-refractivity contribution in [3.8, 4) is 0 Å². The lowest BCUT2D eigenvalue weighted by Crippen LogP contribution is -1.81. The second kappa shape index (κ2) is 4.49. The molecule has 0 saturated carbocycles. The molecule has 0 aliphatic rings. The van der Waals surface area contributed by atoms with E-state index in [1.807, 2.05) is 0 Å². The Morgan fingerprint density at radius 2 is 2.10 bits per heavy atom. The minimum absolute atomic E-state index is 0.0111. The first kappa shape index (κ1) is 8.62. The monoisotopic (exact) mass is 141 g/mol. The quantitative estimate of drug-likeness (QED) is 0.410. The molecule has 0 aliphatic heterocycles. The Labute approximate surface area is 59.8 Å². The second-order valence-electron chi connectivity index (χ2n) is 1.76. The van der Waals surface area contributed by atoms with Gasteiger partial charge in [-0.25, -0.2) is 0 Å². The van der Waals surface area contributed by atoms with Crippen molar-refractivity contribution in [1.82, 2.24) is 0 Å². The molecule has 56 valence electrons. The molecule has 0 atom stereocenters.